The number of rotatable bonds is 3. The highest BCUT2D eigenvalue weighted by Gasteiger charge is 2.35. The van der Waals surface area contributed by atoms with Crippen molar-refractivity contribution in [3.05, 3.63) is 133 Å². The van der Waals surface area contributed by atoms with Crippen LogP contribution in [0.25, 0.3) is 64.7 Å². The predicted molar refractivity (Wildman–Crippen MR) is 169 cm³/mol. The van der Waals surface area contributed by atoms with Crippen LogP contribution >= 0.6 is 11.3 Å². The van der Waals surface area contributed by atoms with Crippen LogP contribution in [-0.2, 0) is 5.41 Å². The Labute approximate surface area is 237 Å². The quantitative estimate of drug-likeness (QED) is 0.227. The summed E-state index contributed by atoms with van der Waals surface area (Å²) in [5.74, 6) is 0. The molecule has 40 heavy (non-hydrogen) atoms. The van der Waals surface area contributed by atoms with Gasteiger partial charge in [0, 0.05) is 55.9 Å². The molecule has 4 aromatic carbocycles. The fourth-order valence-corrected chi connectivity index (χ4v) is 7.79. The van der Waals surface area contributed by atoms with Crippen LogP contribution < -0.4 is 0 Å². The van der Waals surface area contributed by atoms with Crippen LogP contribution in [0.15, 0.2) is 122 Å². The first-order valence-electron chi connectivity index (χ1n) is 13.6. The monoisotopic (exact) mass is 530 g/mol. The Balaban J connectivity index is 1.26. The first-order valence-corrected chi connectivity index (χ1v) is 14.5. The summed E-state index contributed by atoms with van der Waals surface area (Å²) in [6, 6.07) is 35.6. The first-order chi connectivity index (χ1) is 19.6. The third kappa shape index (κ3) is 3.41. The Kier molecular flexibility index (Phi) is 5.07. The lowest BCUT2D eigenvalue weighted by molar-refractivity contribution is 0.660. The van der Waals surface area contributed by atoms with E-state index in [1.165, 1.54) is 70.2 Å². The van der Waals surface area contributed by atoms with Crippen molar-refractivity contribution in [3.63, 3.8) is 0 Å². The molecule has 0 radical (unpaired) electrons. The third-order valence-corrected chi connectivity index (χ3v) is 9.79. The van der Waals surface area contributed by atoms with E-state index in [1.54, 1.807) is 0 Å². The number of benzene rings is 4. The molecule has 7 aromatic rings. The summed E-state index contributed by atoms with van der Waals surface area (Å²) in [4.78, 5) is 8.70. The fourth-order valence-electron chi connectivity index (χ4n) is 6.41. The maximum absolute atomic E-state index is 4.42. The molecule has 0 amide bonds. The SMILES string of the molecule is CC1(C)c2ccncc2-c2ccc(-c3cccc4c3sc3c(-c5ccc(-c6cccnc6)cc5)cccc34)cc21. The molecule has 2 nitrogen and oxygen atoms in total. The Hall–Kier alpha value is -4.60. The largest absolute Gasteiger partial charge is 0.264 e. The van der Waals surface area contributed by atoms with Gasteiger partial charge in [0.15, 0.2) is 0 Å². The molecule has 0 spiro atoms. The van der Waals surface area contributed by atoms with Gasteiger partial charge in [-0.05, 0) is 68.3 Å². The molecule has 0 aliphatic heterocycles. The summed E-state index contributed by atoms with van der Waals surface area (Å²) in [6.45, 7) is 4.65. The molecule has 0 bridgehead atoms. The predicted octanol–water partition coefficient (Wildman–Crippen LogP) is 10.2. The van der Waals surface area contributed by atoms with Gasteiger partial charge >= 0.3 is 0 Å². The average Bonchev–Trinajstić information content (AvgIpc) is 3.50. The summed E-state index contributed by atoms with van der Waals surface area (Å²) < 4.78 is 2.67. The van der Waals surface area contributed by atoms with E-state index >= 15 is 0 Å². The molecule has 0 N–H and O–H groups in total. The van der Waals surface area contributed by atoms with Crippen molar-refractivity contribution in [3.8, 4) is 44.5 Å². The zero-order valence-electron chi connectivity index (χ0n) is 22.3. The van der Waals surface area contributed by atoms with Crippen molar-refractivity contribution in [1.29, 1.82) is 0 Å². The molecule has 1 aliphatic rings. The molecule has 3 heterocycles. The lowest BCUT2D eigenvalue weighted by Gasteiger charge is -2.21. The Bertz CT molecular complexity index is 2070. The lowest BCUT2D eigenvalue weighted by Crippen LogP contribution is -2.15. The van der Waals surface area contributed by atoms with Gasteiger partial charge in [0.1, 0.15) is 0 Å². The maximum atomic E-state index is 4.42. The van der Waals surface area contributed by atoms with Gasteiger partial charge in [-0.1, -0.05) is 92.7 Å². The van der Waals surface area contributed by atoms with Crippen molar-refractivity contribution < 1.29 is 0 Å². The molecule has 0 unspecified atom stereocenters. The number of aromatic nitrogens is 2. The molecule has 190 valence electrons. The highest BCUT2D eigenvalue weighted by Crippen LogP contribution is 2.50. The minimum Gasteiger partial charge on any atom is -0.264 e. The van der Waals surface area contributed by atoms with E-state index in [0.29, 0.717) is 0 Å². The number of pyridine rings is 2. The van der Waals surface area contributed by atoms with Gasteiger partial charge in [-0.15, -0.1) is 11.3 Å². The van der Waals surface area contributed by atoms with E-state index in [1.807, 2.05) is 42.2 Å². The van der Waals surface area contributed by atoms with Gasteiger partial charge < -0.3 is 0 Å². The fraction of sp³-hybridized carbons (Fsp3) is 0.0811. The molecule has 8 rings (SSSR count). The summed E-state index contributed by atoms with van der Waals surface area (Å²) in [5.41, 5.74) is 12.6. The molecule has 0 atom stereocenters. The van der Waals surface area contributed by atoms with E-state index in [-0.39, 0.29) is 5.41 Å². The summed E-state index contributed by atoms with van der Waals surface area (Å²) in [7, 11) is 0. The normalized spacial score (nSPS) is 13.4. The molecule has 0 saturated heterocycles. The standard InChI is InChI=1S/C37H26N2S/c1-37(2)33-17-19-39-22-32(33)29-16-15-25(20-34(29)37)28-8-4-10-31-30-9-3-7-27(35(30)40-36(28)31)24-13-11-23(12-14-24)26-6-5-18-38-21-26/h3-22H,1-2H3. The molecule has 0 fully saturated rings. The minimum absolute atomic E-state index is 0.0488. The third-order valence-electron chi connectivity index (χ3n) is 8.50. The van der Waals surface area contributed by atoms with E-state index in [4.69, 9.17) is 0 Å². The summed E-state index contributed by atoms with van der Waals surface area (Å²) >= 11 is 1.91. The second-order valence-corrected chi connectivity index (χ2v) is 12.1. The Morgan fingerprint density at radius 1 is 0.500 bits per heavy atom. The van der Waals surface area contributed by atoms with Gasteiger partial charge in [-0.2, -0.15) is 0 Å². The second kappa shape index (κ2) is 8.70. The molecular weight excluding hydrogens is 504 g/mol. The molecule has 0 saturated carbocycles. The van der Waals surface area contributed by atoms with Gasteiger partial charge in [-0.25, -0.2) is 0 Å². The highest BCUT2D eigenvalue weighted by molar-refractivity contribution is 7.26. The summed E-state index contributed by atoms with van der Waals surface area (Å²) in [6.07, 6.45) is 7.66. The minimum atomic E-state index is -0.0488. The maximum Gasteiger partial charge on any atom is 0.0434 e. The van der Waals surface area contributed by atoms with Crippen LogP contribution in [0.4, 0.5) is 0 Å². The van der Waals surface area contributed by atoms with Gasteiger partial charge in [-0.3, -0.25) is 9.97 Å². The molecule has 3 heteroatoms. The van der Waals surface area contributed by atoms with Gasteiger partial charge in [0.25, 0.3) is 0 Å². The number of hydrogen-bond donors (Lipinski definition) is 0. The number of hydrogen-bond acceptors (Lipinski definition) is 3. The van der Waals surface area contributed by atoms with Crippen LogP contribution in [0, 0.1) is 0 Å². The lowest BCUT2D eigenvalue weighted by atomic mass is 9.82. The Morgan fingerprint density at radius 2 is 1.18 bits per heavy atom. The molecular formula is C37H26N2S. The second-order valence-electron chi connectivity index (χ2n) is 11.1. The van der Waals surface area contributed by atoms with Gasteiger partial charge in [0.2, 0.25) is 0 Å². The van der Waals surface area contributed by atoms with Gasteiger partial charge in [0.05, 0.1) is 0 Å². The van der Waals surface area contributed by atoms with Crippen molar-refractivity contribution >= 4 is 31.5 Å². The average molecular weight is 531 g/mol. The smallest absolute Gasteiger partial charge is 0.0434 e. The van der Waals surface area contributed by atoms with E-state index in [0.717, 1.165) is 5.56 Å². The van der Waals surface area contributed by atoms with E-state index in [2.05, 4.69) is 115 Å². The first kappa shape index (κ1) is 23.3. The number of thiophene rings is 1. The van der Waals surface area contributed by atoms with Crippen molar-refractivity contribution in [2.45, 2.75) is 19.3 Å². The van der Waals surface area contributed by atoms with Crippen LogP contribution in [-0.4, -0.2) is 9.97 Å². The van der Waals surface area contributed by atoms with Crippen molar-refractivity contribution in [2.24, 2.45) is 0 Å². The van der Waals surface area contributed by atoms with Crippen molar-refractivity contribution in [2.75, 3.05) is 0 Å². The Morgan fingerprint density at radius 3 is 1.90 bits per heavy atom. The topological polar surface area (TPSA) is 25.8 Å². The zero-order valence-corrected chi connectivity index (χ0v) is 23.2. The molecule has 1 aliphatic carbocycles. The summed E-state index contributed by atoms with van der Waals surface area (Å²) in [5, 5.41) is 2.63. The zero-order chi connectivity index (χ0) is 26.8. The number of fused-ring (bicyclic) bond motifs is 6. The van der Waals surface area contributed by atoms with Crippen LogP contribution in [0.2, 0.25) is 0 Å². The van der Waals surface area contributed by atoms with E-state index < -0.39 is 0 Å². The van der Waals surface area contributed by atoms with Crippen LogP contribution in [0.3, 0.4) is 0 Å². The van der Waals surface area contributed by atoms with E-state index in [9.17, 15) is 0 Å². The molecule has 3 aromatic heterocycles. The number of nitrogens with zero attached hydrogens (tertiary/aromatic N) is 2. The van der Waals surface area contributed by atoms with Crippen LogP contribution in [0.5, 0.6) is 0 Å². The highest BCUT2D eigenvalue weighted by atomic mass is 32.1. The van der Waals surface area contributed by atoms with Crippen LogP contribution in [0.1, 0.15) is 25.0 Å². The van der Waals surface area contributed by atoms with Crippen molar-refractivity contribution in [1.82, 2.24) is 9.97 Å².